The molecule has 1 atom stereocenters. The molecule has 0 saturated carbocycles. The van der Waals surface area contributed by atoms with Crippen LogP contribution in [0.2, 0.25) is 0 Å². The van der Waals surface area contributed by atoms with Gasteiger partial charge in [0.1, 0.15) is 5.75 Å². The predicted molar refractivity (Wildman–Crippen MR) is 74.6 cm³/mol. The molecule has 1 unspecified atom stereocenters. The molecule has 0 amide bonds. The van der Waals surface area contributed by atoms with E-state index in [2.05, 4.69) is 19.2 Å². The number of nitrogens with one attached hydrogen (secondary N) is 1. The summed E-state index contributed by atoms with van der Waals surface area (Å²) >= 11 is 0. The summed E-state index contributed by atoms with van der Waals surface area (Å²) in [6, 6.07) is 5.80. The lowest BCUT2D eigenvalue weighted by molar-refractivity contribution is 0.269. The van der Waals surface area contributed by atoms with Crippen LogP contribution < -0.4 is 10.1 Å². The van der Waals surface area contributed by atoms with Gasteiger partial charge in [-0.3, -0.25) is 0 Å². The van der Waals surface area contributed by atoms with Crippen molar-refractivity contribution in [2.45, 2.75) is 25.7 Å². The number of hydrogen-bond acceptors (Lipinski definition) is 4. The molecule has 1 aromatic heterocycles. The van der Waals surface area contributed by atoms with Gasteiger partial charge in [-0.2, -0.15) is 0 Å². The summed E-state index contributed by atoms with van der Waals surface area (Å²) in [4.78, 5) is 4.73. The molecule has 0 aliphatic carbocycles. The molecule has 2 heterocycles. The molecular formula is C15H20N2O2. The Morgan fingerprint density at radius 1 is 1.42 bits per heavy atom. The number of nitrogens with zero attached hydrogens (tertiary/aromatic N) is 1. The molecule has 4 nitrogen and oxygen atoms in total. The van der Waals surface area contributed by atoms with Gasteiger partial charge in [0.25, 0.3) is 0 Å². The maximum Gasteiger partial charge on any atom is 0.203 e. The summed E-state index contributed by atoms with van der Waals surface area (Å²) in [7, 11) is 1.67. The zero-order valence-corrected chi connectivity index (χ0v) is 11.7. The van der Waals surface area contributed by atoms with E-state index < -0.39 is 0 Å². The monoisotopic (exact) mass is 260 g/mol. The third-order valence-electron chi connectivity index (χ3n) is 4.32. The Morgan fingerprint density at radius 3 is 2.89 bits per heavy atom. The molecule has 0 radical (unpaired) electrons. The van der Waals surface area contributed by atoms with Crippen molar-refractivity contribution in [1.29, 1.82) is 0 Å². The Labute approximate surface area is 113 Å². The van der Waals surface area contributed by atoms with Crippen molar-refractivity contribution in [3.05, 3.63) is 24.1 Å². The summed E-state index contributed by atoms with van der Waals surface area (Å²) in [5.74, 6) is 2.10. The Balaban J connectivity index is 2.15. The van der Waals surface area contributed by atoms with Gasteiger partial charge in [-0.15, -0.1) is 0 Å². The Hall–Kier alpha value is -1.55. The van der Waals surface area contributed by atoms with Crippen molar-refractivity contribution in [2.75, 3.05) is 20.2 Å². The van der Waals surface area contributed by atoms with E-state index in [1.807, 2.05) is 18.2 Å². The first-order chi connectivity index (χ1) is 9.17. The molecule has 1 aromatic carbocycles. The molecule has 1 aliphatic heterocycles. The fourth-order valence-electron chi connectivity index (χ4n) is 2.93. The molecular weight excluding hydrogens is 240 g/mol. The minimum atomic E-state index is 0.00400. The Morgan fingerprint density at radius 2 is 2.26 bits per heavy atom. The van der Waals surface area contributed by atoms with E-state index in [1.54, 1.807) is 7.11 Å². The minimum Gasteiger partial charge on any atom is -0.494 e. The smallest absolute Gasteiger partial charge is 0.203 e. The van der Waals surface area contributed by atoms with E-state index in [0.29, 0.717) is 5.92 Å². The summed E-state index contributed by atoms with van der Waals surface area (Å²) in [5.41, 5.74) is 1.64. The second-order valence-electron chi connectivity index (χ2n) is 5.56. The number of aromatic nitrogens is 1. The van der Waals surface area contributed by atoms with Crippen LogP contribution in [-0.4, -0.2) is 25.2 Å². The molecule has 1 N–H and O–H groups in total. The average molecular weight is 260 g/mol. The van der Waals surface area contributed by atoms with Gasteiger partial charge in [0.05, 0.1) is 12.5 Å². The van der Waals surface area contributed by atoms with Crippen molar-refractivity contribution in [3.8, 4) is 5.75 Å². The zero-order valence-electron chi connectivity index (χ0n) is 11.7. The van der Waals surface area contributed by atoms with Crippen LogP contribution in [0.4, 0.5) is 0 Å². The number of rotatable bonds is 3. The van der Waals surface area contributed by atoms with Crippen molar-refractivity contribution in [2.24, 2.45) is 5.92 Å². The van der Waals surface area contributed by atoms with Gasteiger partial charge < -0.3 is 14.5 Å². The van der Waals surface area contributed by atoms with Gasteiger partial charge in [-0.1, -0.05) is 19.9 Å². The third-order valence-corrected chi connectivity index (χ3v) is 4.32. The molecule has 0 spiro atoms. The maximum absolute atomic E-state index is 6.03. The molecule has 19 heavy (non-hydrogen) atoms. The molecule has 0 bridgehead atoms. The van der Waals surface area contributed by atoms with Crippen LogP contribution in [0.3, 0.4) is 0 Å². The lowest BCUT2D eigenvalue weighted by atomic mass is 9.76. The van der Waals surface area contributed by atoms with Crippen molar-refractivity contribution >= 4 is 11.1 Å². The fraction of sp³-hybridized carbons (Fsp3) is 0.533. The van der Waals surface area contributed by atoms with Crippen molar-refractivity contribution < 1.29 is 9.15 Å². The number of hydrogen-bond donors (Lipinski definition) is 1. The van der Waals surface area contributed by atoms with Crippen LogP contribution in [0, 0.1) is 5.92 Å². The predicted octanol–water partition coefficient (Wildman–Crippen LogP) is 2.72. The van der Waals surface area contributed by atoms with Crippen LogP contribution in [-0.2, 0) is 5.41 Å². The van der Waals surface area contributed by atoms with Crippen LogP contribution in [0.25, 0.3) is 11.1 Å². The Bertz CT molecular complexity index is 583. The number of ether oxygens (including phenoxy) is 1. The van der Waals surface area contributed by atoms with Crippen LogP contribution >= 0.6 is 0 Å². The first kappa shape index (κ1) is 12.5. The van der Waals surface area contributed by atoms with E-state index in [1.165, 1.54) is 0 Å². The number of para-hydroxylation sites is 1. The lowest BCUT2D eigenvalue weighted by Gasteiger charge is -2.28. The summed E-state index contributed by atoms with van der Waals surface area (Å²) in [5, 5.41) is 3.43. The maximum atomic E-state index is 6.03. The second-order valence-corrected chi connectivity index (χ2v) is 5.56. The van der Waals surface area contributed by atoms with Gasteiger partial charge >= 0.3 is 0 Å². The van der Waals surface area contributed by atoms with Crippen LogP contribution in [0.15, 0.2) is 22.6 Å². The lowest BCUT2D eigenvalue weighted by Crippen LogP contribution is -2.35. The zero-order chi connectivity index (χ0) is 13.5. The van der Waals surface area contributed by atoms with Gasteiger partial charge in [0, 0.05) is 6.54 Å². The first-order valence-electron chi connectivity index (χ1n) is 6.82. The highest BCUT2D eigenvalue weighted by Gasteiger charge is 2.43. The first-order valence-corrected chi connectivity index (χ1v) is 6.82. The summed E-state index contributed by atoms with van der Waals surface area (Å²) < 4.78 is 11.4. The minimum absolute atomic E-state index is 0.00400. The van der Waals surface area contributed by atoms with E-state index in [4.69, 9.17) is 14.1 Å². The van der Waals surface area contributed by atoms with Crippen LogP contribution in [0.5, 0.6) is 5.75 Å². The summed E-state index contributed by atoms with van der Waals surface area (Å²) in [6.07, 6.45) is 1.07. The average Bonchev–Trinajstić information content (AvgIpc) is 3.04. The normalized spacial score (nSPS) is 23.4. The quantitative estimate of drug-likeness (QED) is 0.921. The number of benzene rings is 1. The summed E-state index contributed by atoms with van der Waals surface area (Å²) in [6.45, 7) is 6.42. The second kappa shape index (κ2) is 4.53. The SMILES string of the molecule is COc1cccc2oc(C3(C(C)C)CCNC3)nc12. The largest absolute Gasteiger partial charge is 0.494 e. The highest BCUT2D eigenvalue weighted by atomic mass is 16.5. The molecule has 4 heteroatoms. The number of fused-ring (bicyclic) bond motifs is 1. The third kappa shape index (κ3) is 1.82. The molecule has 102 valence electrons. The van der Waals surface area contributed by atoms with E-state index in [9.17, 15) is 0 Å². The molecule has 1 fully saturated rings. The van der Waals surface area contributed by atoms with Gasteiger partial charge in [0.2, 0.25) is 5.89 Å². The standard InChI is InChI=1S/C15H20N2O2/c1-10(2)15(7-8-16-9-15)14-17-13-11(18-3)5-4-6-12(13)19-14/h4-6,10,16H,7-9H2,1-3H3. The van der Waals surface area contributed by atoms with Gasteiger partial charge in [-0.25, -0.2) is 4.98 Å². The Kier molecular flexibility index (Phi) is 2.97. The van der Waals surface area contributed by atoms with E-state index in [0.717, 1.165) is 42.3 Å². The molecule has 2 aromatic rings. The van der Waals surface area contributed by atoms with E-state index >= 15 is 0 Å². The van der Waals surface area contributed by atoms with Crippen molar-refractivity contribution in [3.63, 3.8) is 0 Å². The van der Waals surface area contributed by atoms with E-state index in [-0.39, 0.29) is 5.41 Å². The van der Waals surface area contributed by atoms with Crippen LogP contribution in [0.1, 0.15) is 26.2 Å². The molecule has 3 rings (SSSR count). The van der Waals surface area contributed by atoms with Crippen molar-refractivity contribution in [1.82, 2.24) is 10.3 Å². The number of oxazole rings is 1. The number of methoxy groups -OCH3 is 1. The topological polar surface area (TPSA) is 47.3 Å². The molecule has 1 saturated heterocycles. The van der Waals surface area contributed by atoms with Gasteiger partial charge in [-0.05, 0) is 31.0 Å². The highest BCUT2D eigenvalue weighted by molar-refractivity contribution is 5.79. The highest BCUT2D eigenvalue weighted by Crippen LogP contribution is 2.39. The fourth-order valence-corrected chi connectivity index (χ4v) is 2.93. The molecule has 1 aliphatic rings. The van der Waals surface area contributed by atoms with Gasteiger partial charge in [0.15, 0.2) is 11.1 Å².